The van der Waals surface area contributed by atoms with Crippen LogP contribution in [-0.2, 0) is 42.9 Å². The molecule has 0 aliphatic heterocycles. The minimum atomic E-state index is -4.63. The van der Waals surface area contributed by atoms with E-state index in [9.17, 15) is 42.3 Å². The fraction of sp³-hybridized carbons (Fsp3) is 0.722. The minimum absolute atomic E-state index is 0.0953. The Morgan fingerprint density at radius 2 is 1.15 bits per heavy atom. The first kappa shape index (κ1) is 58.1. The van der Waals surface area contributed by atoms with E-state index in [1.54, 1.807) is 6.92 Å². The van der Waals surface area contributed by atoms with E-state index in [1.807, 2.05) is 0 Å². The molecule has 11 nitrogen and oxygen atoms in total. The van der Waals surface area contributed by atoms with Crippen LogP contribution in [0.3, 0.4) is 0 Å². The average molecular weight is 963 g/mol. The largest absolute Gasteiger partial charge is 0.478 e. The Labute approximate surface area is 403 Å². The summed E-state index contributed by atoms with van der Waals surface area (Å²) in [6, 6.07) is 0. The molecule has 0 radical (unpaired) electrons. The number of alkyl halides is 3. The molecule has 5 atom stereocenters. The van der Waals surface area contributed by atoms with E-state index in [4.69, 9.17) is 24.1 Å². The second-order valence-corrected chi connectivity index (χ2v) is 21.4. The maximum absolute atomic E-state index is 12.9. The number of hydrogen-bond donors (Lipinski definition) is 2. The second kappa shape index (κ2) is 24.6. The lowest BCUT2D eigenvalue weighted by atomic mass is 9.46. The summed E-state index contributed by atoms with van der Waals surface area (Å²) in [7, 11) is 0. The smallest absolute Gasteiger partial charge is 0.417 e. The third-order valence-electron chi connectivity index (χ3n) is 15.7. The van der Waals surface area contributed by atoms with Crippen molar-refractivity contribution < 1.29 is 66.3 Å². The fourth-order valence-electron chi connectivity index (χ4n) is 12.0. The Morgan fingerprint density at radius 3 is 1.53 bits per heavy atom. The van der Waals surface area contributed by atoms with Gasteiger partial charge in [0.2, 0.25) is 0 Å². The molecule has 0 heterocycles. The highest BCUT2D eigenvalue weighted by molar-refractivity contribution is 5.87. The van der Waals surface area contributed by atoms with Crippen molar-refractivity contribution in [3.8, 4) is 0 Å². The Hall–Kier alpha value is -4.20. The van der Waals surface area contributed by atoms with Gasteiger partial charge in [-0.1, -0.05) is 46.2 Å². The third-order valence-corrected chi connectivity index (χ3v) is 15.7. The van der Waals surface area contributed by atoms with E-state index >= 15 is 0 Å². The first-order valence-corrected chi connectivity index (χ1v) is 24.7. The van der Waals surface area contributed by atoms with E-state index in [0.717, 1.165) is 56.8 Å². The summed E-state index contributed by atoms with van der Waals surface area (Å²) in [5, 5.41) is 17.7. The van der Waals surface area contributed by atoms with Gasteiger partial charge in [-0.05, 0) is 193 Å². The number of aliphatic hydroxyl groups is 1. The van der Waals surface area contributed by atoms with Gasteiger partial charge >= 0.3 is 36.0 Å². The third kappa shape index (κ3) is 15.7. The summed E-state index contributed by atoms with van der Waals surface area (Å²) in [4.78, 5) is 54.7. The molecule has 0 aromatic carbocycles. The number of rotatable bonds is 12. The lowest BCUT2D eigenvalue weighted by molar-refractivity contribution is -0.278. The first-order chi connectivity index (χ1) is 31.5. The molecule has 68 heavy (non-hydrogen) atoms. The van der Waals surface area contributed by atoms with Gasteiger partial charge in [0.25, 0.3) is 0 Å². The number of carboxylic acids is 1. The van der Waals surface area contributed by atoms with Gasteiger partial charge in [-0.3, -0.25) is 0 Å². The molecule has 6 bridgehead atoms. The summed E-state index contributed by atoms with van der Waals surface area (Å²) in [5.41, 5.74) is -1.97. The molecule has 8 aliphatic rings. The fourth-order valence-corrected chi connectivity index (χ4v) is 12.0. The molecule has 0 spiro atoms. The zero-order valence-corrected chi connectivity index (χ0v) is 41.9. The van der Waals surface area contributed by atoms with E-state index in [1.165, 1.54) is 96.6 Å². The Bertz CT molecular complexity index is 1780. The van der Waals surface area contributed by atoms with Gasteiger partial charge in [0.1, 0.15) is 23.4 Å². The van der Waals surface area contributed by atoms with Crippen LogP contribution < -0.4 is 0 Å². The number of hydrogen-bond acceptors (Lipinski definition) is 10. The average Bonchev–Trinajstić information content (AvgIpc) is 4.01. The summed E-state index contributed by atoms with van der Waals surface area (Å²) in [6.07, 6.45) is 18.0. The van der Waals surface area contributed by atoms with E-state index in [0.29, 0.717) is 18.4 Å². The molecule has 0 aromatic heterocycles. The van der Waals surface area contributed by atoms with Crippen molar-refractivity contribution in [3.63, 3.8) is 0 Å². The number of carbonyl (C=O) groups is 5. The van der Waals surface area contributed by atoms with Crippen LogP contribution in [-0.4, -0.2) is 75.2 Å². The Kier molecular flexibility index (Phi) is 21.0. The zero-order valence-electron chi connectivity index (χ0n) is 41.9. The number of fused-ring (bicyclic) bond motifs is 2. The molecule has 8 fully saturated rings. The number of aliphatic carboxylic acids is 1. The van der Waals surface area contributed by atoms with Gasteiger partial charge in [0.05, 0.1) is 0 Å². The molecule has 0 amide bonds. The first-order valence-electron chi connectivity index (χ1n) is 24.7. The molecule has 0 aromatic rings. The van der Waals surface area contributed by atoms with E-state index < -0.39 is 29.6 Å². The van der Waals surface area contributed by atoms with Crippen LogP contribution in [0.25, 0.3) is 0 Å². The van der Waals surface area contributed by atoms with Crippen LogP contribution in [0.4, 0.5) is 13.2 Å². The van der Waals surface area contributed by atoms with Crippen LogP contribution in [0.15, 0.2) is 61.8 Å². The number of halogens is 3. The highest BCUT2D eigenvalue weighted by atomic mass is 19.4. The van der Waals surface area contributed by atoms with Crippen molar-refractivity contribution >= 4 is 29.8 Å². The number of carboxylic acid groups (broad SMARTS) is 1. The summed E-state index contributed by atoms with van der Waals surface area (Å²) < 4.78 is 60.1. The van der Waals surface area contributed by atoms with Crippen molar-refractivity contribution in [2.45, 2.75) is 206 Å². The normalized spacial score (nSPS) is 29.1. The standard InChI is InChI=1S/C16H24O2.C14H19F3O3.2C10H16O2.C4H6O2/c1-4-14(17)18-15(2,3)16-8-11-5-12(9-16)7-13(6-11)10-16;1-7(2)12(18)20-11-6-8-4-9(11)5-10(8)13(3,19)14(15,16)17;1-8(2)10(11)12-9-6-4-3-5-7-9;1-3-9(11)12-10(4-2)7-5-6-8-10;1-3(2)4(5)6/h4,11-13H,1,5-10H2,2-3H3;8-11,19H,1,4-6H2,2-3H3;9H,1,3-7H2,2H3;3H,1,4-8H2,2H3;1H2,2H3,(H,5,6). The number of carbonyl (C=O) groups excluding carboxylic acids is 4. The number of esters is 4. The zero-order chi connectivity index (χ0) is 51.4. The molecule has 5 unspecified atom stereocenters. The molecule has 8 aliphatic carbocycles. The van der Waals surface area contributed by atoms with E-state index in [2.05, 4.69) is 53.7 Å². The quantitative estimate of drug-likeness (QED) is 0.109. The van der Waals surface area contributed by atoms with Gasteiger partial charge < -0.3 is 29.2 Å². The molecule has 8 saturated carbocycles. The maximum Gasteiger partial charge on any atom is 0.417 e. The predicted molar refractivity (Wildman–Crippen MR) is 255 cm³/mol. The van der Waals surface area contributed by atoms with Gasteiger partial charge in [0, 0.05) is 34.3 Å². The van der Waals surface area contributed by atoms with Crippen molar-refractivity contribution in [1.82, 2.24) is 0 Å². The molecule has 2 N–H and O–H groups in total. The lowest BCUT2D eigenvalue weighted by Gasteiger charge is -2.61. The number of ether oxygens (including phenoxy) is 4. The molecule has 8 rings (SSSR count). The monoisotopic (exact) mass is 963 g/mol. The topological polar surface area (TPSA) is 163 Å². The SMILES string of the molecule is C=C(C)C(=O)O.C=C(C)C(=O)OC1CC2CC1CC2C(C)(O)C(F)(F)F.C=C(C)C(=O)OC1CCCCC1.C=CC(=O)OC(C)(C)C12CC3CC(CC(C3)C1)C2.C=CC(=O)OC1(CC)CCCC1. The molecule has 384 valence electrons. The second-order valence-electron chi connectivity index (χ2n) is 21.4. The summed E-state index contributed by atoms with van der Waals surface area (Å²) in [6.45, 7) is 28.9. The van der Waals surface area contributed by atoms with E-state index in [-0.39, 0.29) is 76.1 Å². The van der Waals surface area contributed by atoms with Crippen LogP contribution in [0.1, 0.15) is 170 Å². The molecular formula is C54H81F3O11. The highest BCUT2D eigenvalue weighted by Crippen LogP contribution is 2.64. The van der Waals surface area contributed by atoms with Gasteiger partial charge in [-0.15, -0.1) is 0 Å². The Balaban J connectivity index is 0.000000236. The summed E-state index contributed by atoms with van der Waals surface area (Å²) in [5.74, 6) is -0.712. The molecule has 0 saturated heterocycles. The van der Waals surface area contributed by atoms with Gasteiger partial charge in [-0.25, -0.2) is 24.0 Å². The lowest BCUT2D eigenvalue weighted by Crippen LogP contribution is -2.57. The van der Waals surface area contributed by atoms with Crippen molar-refractivity contribution in [2.75, 3.05) is 0 Å². The van der Waals surface area contributed by atoms with Crippen molar-refractivity contribution in [2.24, 2.45) is 40.9 Å². The van der Waals surface area contributed by atoms with Crippen LogP contribution in [0, 0.1) is 40.9 Å². The molecular weight excluding hydrogens is 882 g/mol. The van der Waals surface area contributed by atoms with Gasteiger partial charge in [0.15, 0.2) is 5.60 Å². The summed E-state index contributed by atoms with van der Waals surface area (Å²) >= 11 is 0. The van der Waals surface area contributed by atoms with Gasteiger partial charge in [-0.2, -0.15) is 13.2 Å². The highest BCUT2D eigenvalue weighted by Gasteiger charge is 2.62. The van der Waals surface area contributed by atoms with Crippen molar-refractivity contribution in [3.05, 3.63) is 61.8 Å². The molecule has 14 heteroatoms. The van der Waals surface area contributed by atoms with Crippen molar-refractivity contribution in [1.29, 1.82) is 0 Å². The van der Waals surface area contributed by atoms with Crippen LogP contribution in [0.5, 0.6) is 0 Å². The minimum Gasteiger partial charge on any atom is -0.478 e. The Morgan fingerprint density at radius 1 is 0.676 bits per heavy atom. The van der Waals surface area contributed by atoms with Crippen LogP contribution >= 0.6 is 0 Å². The predicted octanol–water partition coefficient (Wildman–Crippen LogP) is 12.1. The van der Waals surface area contributed by atoms with Crippen LogP contribution in [0.2, 0.25) is 0 Å². The maximum atomic E-state index is 12.9.